The van der Waals surface area contributed by atoms with Crippen LogP contribution < -0.4 is 5.32 Å². The second-order valence-electron chi connectivity index (χ2n) is 7.50. The van der Waals surface area contributed by atoms with Gasteiger partial charge in [0.05, 0.1) is 38.0 Å². The number of ether oxygens (including phenoxy) is 2. The Morgan fingerprint density at radius 2 is 2.33 bits per heavy atom. The molecule has 0 bridgehead atoms. The quantitative estimate of drug-likeness (QED) is 0.523. The van der Waals surface area contributed by atoms with Crippen LogP contribution in [0.15, 0.2) is 50.5 Å². The Hall–Kier alpha value is -2.18. The van der Waals surface area contributed by atoms with Gasteiger partial charge < -0.3 is 19.9 Å². The number of aliphatic hydroxyl groups excluding tert-OH is 1. The number of thiazole rings is 1. The number of aromatic nitrogens is 1. The van der Waals surface area contributed by atoms with Crippen molar-refractivity contribution in [3.8, 4) is 0 Å². The Kier molecular flexibility index (Phi) is 7.86. The van der Waals surface area contributed by atoms with Gasteiger partial charge in [-0.05, 0) is 24.6 Å². The number of nitrogens with zero attached hydrogens (tertiary/aromatic N) is 3. The molecule has 3 heterocycles. The molecule has 0 amide bonds. The summed E-state index contributed by atoms with van der Waals surface area (Å²) in [6, 6.07) is 3.37. The van der Waals surface area contributed by atoms with Crippen LogP contribution in [0.5, 0.6) is 0 Å². The van der Waals surface area contributed by atoms with Gasteiger partial charge in [0.1, 0.15) is 11.9 Å². The Balaban J connectivity index is 1.82. The number of hydrogen-bond donors (Lipinski definition) is 2. The predicted molar refractivity (Wildman–Crippen MR) is 126 cm³/mol. The monoisotopic (exact) mass is 538 g/mol. The zero-order valence-corrected chi connectivity index (χ0v) is 20.4. The first-order valence-corrected chi connectivity index (χ1v) is 12.2. The summed E-state index contributed by atoms with van der Waals surface area (Å²) in [6.45, 7) is 3.75. The maximum atomic E-state index is 13.8. The molecule has 0 radical (unpaired) electrons. The lowest BCUT2D eigenvalue weighted by Crippen LogP contribution is -2.50. The van der Waals surface area contributed by atoms with Crippen molar-refractivity contribution in [1.82, 2.24) is 15.2 Å². The first-order chi connectivity index (χ1) is 16.0. The fourth-order valence-corrected chi connectivity index (χ4v) is 4.99. The molecular weight excluding hydrogens is 515 g/mol. The topological polar surface area (TPSA) is 96.3 Å². The minimum atomic E-state index is -0.734. The number of halogens is 2. The molecule has 4 rings (SSSR count). The first kappa shape index (κ1) is 24.0. The number of carbonyl (C=O) groups is 1. The summed E-state index contributed by atoms with van der Waals surface area (Å²) in [5, 5.41) is 15.6. The van der Waals surface area contributed by atoms with Crippen LogP contribution in [-0.4, -0.2) is 72.4 Å². The molecule has 11 heteroatoms. The van der Waals surface area contributed by atoms with Crippen molar-refractivity contribution in [2.75, 3.05) is 39.5 Å². The number of amidine groups is 1. The Bertz CT molecular complexity index is 1060. The van der Waals surface area contributed by atoms with Crippen LogP contribution in [0.2, 0.25) is 0 Å². The minimum absolute atomic E-state index is 0.0671. The Labute approximate surface area is 203 Å². The molecule has 1 aromatic heterocycles. The molecule has 2 aliphatic rings. The van der Waals surface area contributed by atoms with E-state index in [1.807, 2.05) is 5.38 Å². The fourth-order valence-electron chi connectivity index (χ4n) is 3.84. The van der Waals surface area contributed by atoms with Gasteiger partial charge in [0.25, 0.3) is 0 Å². The van der Waals surface area contributed by atoms with E-state index in [1.54, 1.807) is 19.2 Å². The van der Waals surface area contributed by atoms with Crippen LogP contribution >= 0.6 is 27.3 Å². The van der Waals surface area contributed by atoms with Gasteiger partial charge in [-0.15, -0.1) is 11.3 Å². The van der Waals surface area contributed by atoms with Crippen molar-refractivity contribution >= 4 is 39.1 Å². The van der Waals surface area contributed by atoms with E-state index in [9.17, 15) is 14.3 Å². The number of morpholine rings is 1. The summed E-state index contributed by atoms with van der Waals surface area (Å²) in [5.41, 5.74) is 1.58. The maximum Gasteiger partial charge on any atom is 0.338 e. The van der Waals surface area contributed by atoms with E-state index in [-0.39, 0.29) is 19.3 Å². The molecule has 1 aromatic carbocycles. The van der Waals surface area contributed by atoms with Crippen molar-refractivity contribution in [1.29, 1.82) is 0 Å². The molecule has 2 N–H and O–H groups in total. The lowest BCUT2D eigenvalue weighted by atomic mass is 9.95. The van der Waals surface area contributed by atoms with E-state index in [1.165, 1.54) is 23.5 Å². The Morgan fingerprint density at radius 3 is 3.03 bits per heavy atom. The molecule has 2 unspecified atom stereocenters. The number of aliphatic hydroxyl groups is 1. The number of benzene rings is 1. The van der Waals surface area contributed by atoms with Crippen LogP contribution in [0, 0.1) is 5.82 Å². The minimum Gasteiger partial charge on any atom is -0.463 e. The van der Waals surface area contributed by atoms with Crippen molar-refractivity contribution < 1.29 is 23.8 Å². The molecule has 0 saturated carbocycles. The number of hydrogen-bond acceptors (Lipinski definition) is 9. The number of esters is 1. The highest BCUT2D eigenvalue weighted by molar-refractivity contribution is 9.10. The fraction of sp³-hybridized carbons (Fsp3) is 0.409. The van der Waals surface area contributed by atoms with Gasteiger partial charge in [0.2, 0.25) is 0 Å². The van der Waals surface area contributed by atoms with Gasteiger partial charge >= 0.3 is 5.97 Å². The standard InChI is InChI=1S/C22H24BrFN4O4S/c1-2-32-22(30)18-17(10-28-6-7-31-12-14(28)11-29)26-20(21-25-5-8-33-21)27-19(18)15-4-3-13(24)9-16(15)23/h3-5,8-9,14,19,29H,2,6-7,10-12H2,1H3,(H,26,27). The smallest absolute Gasteiger partial charge is 0.338 e. The highest BCUT2D eigenvalue weighted by Gasteiger charge is 2.35. The van der Waals surface area contributed by atoms with Crippen LogP contribution in [0.1, 0.15) is 23.5 Å². The molecule has 0 spiro atoms. The van der Waals surface area contributed by atoms with E-state index >= 15 is 0 Å². The number of rotatable bonds is 7. The SMILES string of the molecule is CCOC(=O)C1=C(CN2CCOCC2CO)NC(c2nccs2)=NC1c1ccc(F)cc1Br. The highest BCUT2D eigenvalue weighted by atomic mass is 79.9. The number of carbonyl (C=O) groups excluding carboxylic acids is 1. The van der Waals surface area contributed by atoms with E-state index in [0.717, 1.165) is 0 Å². The third kappa shape index (κ3) is 5.33. The van der Waals surface area contributed by atoms with E-state index in [4.69, 9.17) is 14.5 Å². The highest BCUT2D eigenvalue weighted by Crippen LogP contribution is 2.37. The molecular formula is C22H24BrFN4O4S. The third-order valence-corrected chi connectivity index (χ3v) is 6.90. The van der Waals surface area contributed by atoms with E-state index in [2.05, 4.69) is 31.1 Å². The molecule has 2 atom stereocenters. The number of nitrogens with one attached hydrogen (secondary N) is 1. The van der Waals surface area contributed by atoms with Gasteiger partial charge in [-0.3, -0.25) is 9.89 Å². The average Bonchev–Trinajstić information content (AvgIpc) is 3.34. The molecule has 2 aromatic rings. The zero-order chi connectivity index (χ0) is 23.4. The first-order valence-electron chi connectivity index (χ1n) is 10.5. The van der Waals surface area contributed by atoms with Crippen molar-refractivity contribution in [3.05, 3.63) is 61.9 Å². The van der Waals surface area contributed by atoms with Crippen LogP contribution in [0.3, 0.4) is 0 Å². The van der Waals surface area contributed by atoms with Crippen LogP contribution in [0.25, 0.3) is 0 Å². The van der Waals surface area contributed by atoms with Gasteiger partial charge in [-0.25, -0.2) is 14.2 Å². The van der Waals surface area contributed by atoms with Crippen LogP contribution in [-0.2, 0) is 14.3 Å². The predicted octanol–water partition coefficient (Wildman–Crippen LogP) is 2.65. The van der Waals surface area contributed by atoms with Crippen molar-refractivity contribution in [3.63, 3.8) is 0 Å². The second kappa shape index (κ2) is 10.8. The molecule has 8 nitrogen and oxygen atoms in total. The van der Waals surface area contributed by atoms with E-state index in [0.29, 0.717) is 58.5 Å². The van der Waals surface area contributed by atoms with Gasteiger partial charge in [-0.2, -0.15) is 0 Å². The molecule has 2 aliphatic heterocycles. The summed E-state index contributed by atoms with van der Waals surface area (Å²) < 4.78 is 25.2. The largest absolute Gasteiger partial charge is 0.463 e. The zero-order valence-electron chi connectivity index (χ0n) is 18.0. The third-order valence-electron chi connectivity index (χ3n) is 5.43. The normalized spacial score (nSPS) is 21.5. The average molecular weight is 539 g/mol. The summed E-state index contributed by atoms with van der Waals surface area (Å²) in [5.74, 6) is -0.385. The maximum absolute atomic E-state index is 13.8. The van der Waals surface area contributed by atoms with Gasteiger partial charge in [-0.1, -0.05) is 22.0 Å². The van der Waals surface area contributed by atoms with Crippen molar-refractivity contribution in [2.45, 2.75) is 19.0 Å². The summed E-state index contributed by atoms with van der Waals surface area (Å²) in [7, 11) is 0. The summed E-state index contributed by atoms with van der Waals surface area (Å²) in [6.07, 6.45) is 1.68. The van der Waals surface area contributed by atoms with Gasteiger partial charge in [0.15, 0.2) is 10.8 Å². The summed E-state index contributed by atoms with van der Waals surface area (Å²) >= 11 is 4.85. The van der Waals surface area contributed by atoms with E-state index < -0.39 is 17.8 Å². The van der Waals surface area contributed by atoms with Crippen LogP contribution in [0.4, 0.5) is 4.39 Å². The second-order valence-corrected chi connectivity index (χ2v) is 9.25. The molecule has 1 saturated heterocycles. The summed E-state index contributed by atoms with van der Waals surface area (Å²) in [4.78, 5) is 24.4. The molecule has 0 aliphatic carbocycles. The lowest BCUT2D eigenvalue weighted by Gasteiger charge is -2.37. The molecule has 33 heavy (non-hydrogen) atoms. The van der Waals surface area contributed by atoms with Crippen molar-refractivity contribution in [2.24, 2.45) is 4.99 Å². The number of aliphatic imine (C=N–C) groups is 1. The lowest BCUT2D eigenvalue weighted by molar-refractivity contribution is -0.139. The molecule has 176 valence electrons. The van der Waals surface area contributed by atoms with Gasteiger partial charge in [0, 0.05) is 34.8 Å². The Morgan fingerprint density at radius 1 is 1.48 bits per heavy atom. The molecule has 1 fully saturated rings.